The number of nitrogens with zero attached hydrogens (tertiary/aromatic N) is 1. The molecule has 0 saturated carbocycles. The summed E-state index contributed by atoms with van der Waals surface area (Å²) in [5.41, 5.74) is 6.24. The fourth-order valence-corrected chi connectivity index (χ4v) is 2.08. The van der Waals surface area contributed by atoms with Crippen LogP contribution in [0.5, 0.6) is 5.75 Å². The van der Waals surface area contributed by atoms with E-state index in [1.807, 2.05) is 19.1 Å². The smallest absolute Gasteiger partial charge is 0.244 e. The molecule has 1 unspecified atom stereocenters. The number of para-hydroxylation sites is 2. The fraction of sp³-hybridized carbons (Fsp3) is 0.500. The Morgan fingerprint density at radius 1 is 1.35 bits per heavy atom. The molecular formula is C16H26ClN3O3. The van der Waals surface area contributed by atoms with Crippen LogP contribution >= 0.6 is 12.4 Å². The Balaban J connectivity index is 0.00000484. The largest absolute Gasteiger partial charge is 0.495 e. The number of halogens is 1. The van der Waals surface area contributed by atoms with Gasteiger partial charge in [-0.2, -0.15) is 0 Å². The first-order valence-corrected chi connectivity index (χ1v) is 7.44. The molecule has 1 atom stereocenters. The number of ether oxygens (including phenoxy) is 1. The van der Waals surface area contributed by atoms with E-state index < -0.39 is 0 Å². The summed E-state index contributed by atoms with van der Waals surface area (Å²) < 4.78 is 5.19. The van der Waals surface area contributed by atoms with Gasteiger partial charge >= 0.3 is 0 Å². The Kier molecular flexibility index (Phi) is 10.0. The second-order valence-corrected chi connectivity index (χ2v) is 5.25. The van der Waals surface area contributed by atoms with E-state index >= 15 is 0 Å². The molecule has 0 spiro atoms. The fourth-order valence-electron chi connectivity index (χ4n) is 2.08. The van der Waals surface area contributed by atoms with Crippen LogP contribution in [0.3, 0.4) is 0 Å². The first-order chi connectivity index (χ1) is 10.5. The van der Waals surface area contributed by atoms with Crippen molar-refractivity contribution in [2.45, 2.75) is 32.7 Å². The maximum atomic E-state index is 12.2. The van der Waals surface area contributed by atoms with E-state index in [1.165, 1.54) is 4.90 Å². The highest BCUT2D eigenvalue weighted by Crippen LogP contribution is 2.22. The third-order valence-electron chi connectivity index (χ3n) is 3.06. The lowest BCUT2D eigenvalue weighted by atomic mass is 10.2. The van der Waals surface area contributed by atoms with E-state index in [1.54, 1.807) is 26.2 Å². The molecular weight excluding hydrogens is 318 g/mol. The lowest BCUT2D eigenvalue weighted by Gasteiger charge is -2.22. The van der Waals surface area contributed by atoms with E-state index in [-0.39, 0.29) is 43.2 Å². The molecule has 0 saturated heterocycles. The zero-order valence-electron chi connectivity index (χ0n) is 13.9. The first kappa shape index (κ1) is 21.2. The zero-order valence-corrected chi connectivity index (χ0v) is 14.7. The van der Waals surface area contributed by atoms with Gasteiger partial charge in [0.15, 0.2) is 0 Å². The van der Waals surface area contributed by atoms with E-state index in [4.69, 9.17) is 10.5 Å². The number of methoxy groups -OCH3 is 1. The summed E-state index contributed by atoms with van der Waals surface area (Å²) in [6, 6.07) is 6.93. The van der Waals surface area contributed by atoms with Crippen LogP contribution in [-0.4, -0.2) is 43.0 Å². The molecule has 7 heteroatoms. The molecule has 3 N–H and O–H groups in total. The van der Waals surface area contributed by atoms with Crippen LogP contribution < -0.4 is 15.8 Å². The lowest BCUT2D eigenvalue weighted by Crippen LogP contribution is -2.40. The summed E-state index contributed by atoms with van der Waals surface area (Å²) in [7, 11) is 1.54. The molecule has 0 bridgehead atoms. The second-order valence-electron chi connectivity index (χ2n) is 5.25. The van der Waals surface area contributed by atoms with Gasteiger partial charge in [0, 0.05) is 19.0 Å². The Hall–Kier alpha value is -1.79. The van der Waals surface area contributed by atoms with Crippen LogP contribution in [-0.2, 0) is 9.59 Å². The summed E-state index contributed by atoms with van der Waals surface area (Å²) >= 11 is 0. The van der Waals surface area contributed by atoms with Crippen molar-refractivity contribution < 1.29 is 14.3 Å². The molecule has 1 aromatic rings. The van der Waals surface area contributed by atoms with E-state index in [2.05, 4.69) is 5.32 Å². The number of carbonyl (C=O) groups excluding carboxylic acids is 2. The minimum absolute atomic E-state index is 0. The van der Waals surface area contributed by atoms with Gasteiger partial charge in [0.1, 0.15) is 5.75 Å². The van der Waals surface area contributed by atoms with Crippen molar-refractivity contribution in [1.29, 1.82) is 0 Å². The minimum Gasteiger partial charge on any atom is -0.495 e. The topological polar surface area (TPSA) is 84.7 Å². The lowest BCUT2D eigenvalue weighted by molar-refractivity contribution is -0.135. The third-order valence-corrected chi connectivity index (χ3v) is 3.06. The van der Waals surface area contributed by atoms with Crippen LogP contribution in [0.1, 0.15) is 26.7 Å². The van der Waals surface area contributed by atoms with Crippen molar-refractivity contribution in [3.8, 4) is 5.75 Å². The predicted octanol–water partition coefficient (Wildman–Crippen LogP) is 2.03. The molecule has 0 aliphatic heterocycles. The molecule has 1 aromatic carbocycles. The average molecular weight is 344 g/mol. The number of hydrogen-bond donors (Lipinski definition) is 2. The number of anilines is 1. The Morgan fingerprint density at radius 3 is 2.57 bits per heavy atom. The average Bonchev–Trinajstić information content (AvgIpc) is 2.46. The first-order valence-electron chi connectivity index (χ1n) is 7.44. The molecule has 0 fully saturated rings. The SMILES string of the molecule is CCCN(CC(=O)Nc1ccccc1OC)C(=O)CC(C)N.Cl. The number of nitrogens with one attached hydrogen (secondary N) is 1. The van der Waals surface area contributed by atoms with Gasteiger partial charge in [0.05, 0.1) is 19.3 Å². The maximum absolute atomic E-state index is 12.2. The molecule has 23 heavy (non-hydrogen) atoms. The van der Waals surface area contributed by atoms with E-state index in [9.17, 15) is 9.59 Å². The van der Waals surface area contributed by atoms with Gasteiger partial charge in [-0.25, -0.2) is 0 Å². The van der Waals surface area contributed by atoms with Crippen molar-refractivity contribution in [2.24, 2.45) is 5.73 Å². The number of benzene rings is 1. The summed E-state index contributed by atoms with van der Waals surface area (Å²) in [6.07, 6.45) is 1.02. The summed E-state index contributed by atoms with van der Waals surface area (Å²) in [5.74, 6) is 0.225. The third kappa shape index (κ3) is 7.34. The van der Waals surface area contributed by atoms with Crippen molar-refractivity contribution in [3.63, 3.8) is 0 Å². The van der Waals surface area contributed by atoms with Crippen LogP contribution in [0, 0.1) is 0 Å². The predicted molar refractivity (Wildman–Crippen MR) is 94.0 cm³/mol. The van der Waals surface area contributed by atoms with Crippen molar-refractivity contribution in [1.82, 2.24) is 4.90 Å². The molecule has 0 radical (unpaired) electrons. The number of amides is 2. The standard InChI is InChI=1S/C16H25N3O3.ClH/c1-4-9-19(16(21)10-12(2)17)11-15(20)18-13-7-5-6-8-14(13)22-3;/h5-8,12H,4,9-11,17H2,1-3H3,(H,18,20);1H. The highest BCUT2D eigenvalue weighted by atomic mass is 35.5. The van der Waals surface area contributed by atoms with Crippen LogP contribution in [0.25, 0.3) is 0 Å². The number of rotatable bonds is 8. The maximum Gasteiger partial charge on any atom is 0.244 e. The van der Waals surface area contributed by atoms with Gasteiger partial charge in [-0.1, -0.05) is 19.1 Å². The van der Waals surface area contributed by atoms with Gasteiger partial charge in [0.2, 0.25) is 11.8 Å². The highest BCUT2D eigenvalue weighted by Gasteiger charge is 2.18. The van der Waals surface area contributed by atoms with Crippen molar-refractivity contribution >= 4 is 29.9 Å². The number of nitrogens with two attached hydrogens (primary N) is 1. The number of carbonyl (C=O) groups is 2. The number of hydrogen-bond acceptors (Lipinski definition) is 4. The van der Waals surface area contributed by atoms with Crippen LogP contribution in [0.15, 0.2) is 24.3 Å². The summed E-state index contributed by atoms with van der Waals surface area (Å²) in [4.78, 5) is 25.8. The van der Waals surface area contributed by atoms with Crippen LogP contribution in [0.2, 0.25) is 0 Å². The summed E-state index contributed by atoms with van der Waals surface area (Å²) in [6.45, 7) is 4.28. The Bertz CT molecular complexity index is 509. The van der Waals surface area contributed by atoms with Crippen molar-refractivity contribution in [2.75, 3.05) is 25.5 Å². The highest BCUT2D eigenvalue weighted by molar-refractivity contribution is 5.95. The molecule has 6 nitrogen and oxygen atoms in total. The van der Waals surface area contributed by atoms with Crippen molar-refractivity contribution in [3.05, 3.63) is 24.3 Å². The normalized spacial score (nSPS) is 11.1. The quantitative estimate of drug-likeness (QED) is 0.756. The molecule has 0 aromatic heterocycles. The van der Waals surface area contributed by atoms with E-state index in [0.29, 0.717) is 18.0 Å². The molecule has 1 rings (SSSR count). The van der Waals surface area contributed by atoms with Gasteiger partial charge in [-0.15, -0.1) is 12.4 Å². The van der Waals surface area contributed by atoms with Gasteiger partial charge in [0.25, 0.3) is 0 Å². The summed E-state index contributed by atoms with van der Waals surface area (Å²) in [5, 5.41) is 2.77. The Labute approximate surface area is 143 Å². The molecule has 0 aliphatic carbocycles. The van der Waals surface area contributed by atoms with Gasteiger partial charge < -0.3 is 20.7 Å². The molecule has 2 amide bonds. The molecule has 130 valence electrons. The minimum atomic E-state index is -0.254. The second kappa shape index (κ2) is 10.9. The van der Waals surface area contributed by atoms with Crippen LogP contribution in [0.4, 0.5) is 5.69 Å². The van der Waals surface area contributed by atoms with Gasteiger partial charge in [-0.3, -0.25) is 9.59 Å². The zero-order chi connectivity index (χ0) is 16.5. The monoisotopic (exact) mass is 343 g/mol. The van der Waals surface area contributed by atoms with E-state index in [0.717, 1.165) is 6.42 Å². The molecule has 0 aliphatic rings. The molecule has 0 heterocycles. The Morgan fingerprint density at radius 2 is 2.00 bits per heavy atom. The van der Waals surface area contributed by atoms with Gasteiger partial charge in [-0.05, 0) is 25.5 Å².